The molecule has 2 aromatic heterocycles. The molecule has 0 aliphatic carbocycles. The molecular formula is C11H10ClNS2. The van der Waals surface area contributed by atoms with Gasteiger partial charge in [-0.05, 0) is 34.9 Å². The van der Waals surface area contributed by atoms with Crippen molar-refractivity contribution in [3.05, 3.63) is 43.2 Å². The molecule has 0 radical (unpaired) electrons. The van der Waals surface area contributed by atoms with Gasteiger partial charge in [-0.1, -0.05) is 11.6 Å². The number of hydrogen-bond donors (Lipinski definition) is 1. The van der Waals surface area contributed by atoms with Crippen molar-refractivity contribution >= 4 is 34.3 Å². The van der Waals surface area contributed by atoms with Crippen molar-refractivity contribution in [3.8, 4) is 0 Å². The Kier molecular flexibility index (Phi) is 2.56. The maximum atomic E-state index is 6.18. The van der Waals surface area contributed by atoms with Crippen LogP contribution in [0.5, 0.6) is 0 Å². The molecule has 15 heavy (non-hydrogen) atoms. The summed E-state index contributed by atoms with van der Waals surface area (Å²) < 4.78 is 0. The molecule has 2 aromatic rings. The Bertz CT molecular complexity index is 474. The first-order valence-electron chi connectivity index (χ1n) is 4.89. The van der Waals surface area contributed by atoms with Gasteiger partial charge in [0.25, 0.3) is 0 Å². The fourth-order valence-corrected chi connectivity index (χ4v) is 4.18. The van der Waals surface area contributed by atoms with E-state index < -0.39 is 0 Å². The Morgan fingerprint density at radius 1 is 1.27 bits per heavy atom. The highest BCUT2D eigenvalue weighted by Crippen LogP contribution is 2.37. The molecular weight excluding hydrogens is 246 g/mol. The van der Waals surface area contributed by atoms with Crippen LogP contribution in [0.4, 0.5) is 0 Å². The number of thiophene rings is 2. The van der Waals surface area contributed by atoms with E-state index in [9.17, 15) is 0 Å². The number of halogens is 1. The molecule has 1 atom stereocenters. The molecule has 0 spiro atoms. The van der Waals surface area contributed by atoms with E-state index in [4.69, 9.17) is 11.6 Å². The highest BCUT2D eigenvalue weighted by atomic mass is 35.5. The van der Waals surface area contributed by atoms with Crippen molar-refractivity contribution in [2.75, 3.05) is 6.54 Å². The van der Waals surface area contributed by atoms with Gasteiger partial charge in [0, 0.05) is 16.3 Å². The molecule has 0 bridgehead atoms. The van der Waals surface area contributed by atoms with Crippen LogP contribution in [0, 0.1) is 0 Å². The zero-order chi connectivity index (χ0) is 10.3. The van der Waals surface area contributed by atoms with E-state index >= 15 is 0 Å². The van der Waals surface area contributed by atoms with Crippen molar-refractivity contribution < 1.29 is 0 Å². The summed E-state index contributed by atoms with van der Waals surface area (Å²) in [6.45, 7) is 1.05. The van der Waals surface area contributed by atoms with E-state index in [1.54, 1.807) is 11.3 Å². The van der Waals surface area contributed by atoms with Gasteiger partial charge < -0.3 is 5.32 Å². The predicted molar refractivity (Wildman–Crippen MR) is 67.2 cm³/mol. The van der Waals surface area contributed by atoms with E-state index in [1.165, 1.54) is 15.3 Å². The van der Waals surface area contributed by atoms with Gasteiger partial charge in [-0.25, -0.2) is 0 Å². The quantitative estimate of drug-likeness (QED) is 0.819. The third-order valence-electron chi connectivity index (χ3n) is 2.70. The van der Waals surface area contributed by atoms with Gasteiger partial charge in [0.1, 0.15) is 0 Å². The van der Waals surface area contributed by atoms with Gasteiger partial charge in [0.05, 0.1) is 11.1 Å². The minimum Gasteiger partial charge on any atom is -0.305 e. The second-order valence-corrected chi connectivity index (χ2v) is 5.92. The van der Waals surface area contributed by atoms with E-state index in [2.05, 4.69) is 22.1 Å². The second kappa shape index (κ2) is 3.91. The fourth-order valence-electron chi connectivity index (χ4n) is 2.00. The van der Waals surface area contributed by atoms with Crippen LogP contribution in [0.3, 0.4) is 0 Å². The number of fused-ring (bicyclic) bond motifs is 1. The van der Waals surface area contributed by atoms with Crippen molar-refractivity contribution in [1.82, 2.24) is 5.32 Å². The first-order valence-corrected chi connectivity index (χ1v) is 7.02. The molecule has 0 saturated carbocycles. The van der Waals surface area contributed by atoms with E-state index in [0.29, 0.717) is 6.04 Å². The molecule has 1 aliphatic heterocycles. The van der Waals surface area contributed by atoms with Gasteiger partial charge in [0.2, 0.25) is 0 Å². The van der Waals surface area contributed by atoms with Gasteiger partial charge in [0.15, 0.2) is 0 Å². The lowest BCUT2D eigenvalue weighted by atomic mass is 10.0. The Morgan fingerprint density at radius 3 is 2.93 bits per heavy atom. The lowest BCUT2D eigenvalue weighted by Gasteiger charge is -2.23. The van der Waals surface area contributed by atoms with Crippen molar-refractivity contribution in [1.29, 1.82) is 0 Å². The van der Waals surface area contributed by atoms with Crippen LogP contribution in [0.1, 0.15) is 21.4 Å². The van der Waals surface area contributed by atoms with Crippen LogP contribution >= 0.6 is 34.3 Å². The summed E-state index contributed by atoms with van der Waals surface area (Å²) in [5, 5.41) is 8.65. The molecule has 3 rings (SSSR count). The van der Waals surface area contributed by atoms with E-state index in [1.807, 2.05) is 17.4 Å². The summed E-state index contributed by atoms with van der Waals surface area (Å²) in [6.07, 6.45) is 1.15. The summed E-state index contributed by atoms with van der Waals surface area (Å²) >= 11 is 9.77. The Labute approximate surface area is 102 Å². The lowest BCUT2D eigenvalue weighted by Crippen LogP contribution is -2.28. The topological polar surface area (TPSA) is 12.0 Å². The molecule has 78 valence electrons. The van der Waals surface area contributed by atoms with Crippen LogP contribution in [-0.4, -0.2) is 6.54 Å². The SMILES string of the molecule is Clc1ccsc1C1NCCc2sccc21. The first kappa shape index (κ1) is 9.85. The first-order chi connectivity index (χ1) is 7.36. The van der Waals surface area contributed by atoms with Crippen LogP contribution in [0.25, 0.3) is 0 Å². The zero-order valence-corrected chi connectivity index (χ0v) is 10.4. The average Bonchev–Trinajstić information content (AvgIpc) is 2.85. The third kappa shape index (κ3) is 1.64. The number of rotatable bonds is 1. The summed E-state index contributed by atoms with van der Waals surface area (Å²) in [4.78, 5) is 2.75. The molecule has 4 heteroatoms. The highest BCUT2D eigenvalue weighted by molar-refractivity contribution is 7.11. The molecule has 1 unspecified atom stereocenters. The van der Waals surface area contributed by atoms with Crippen molar-refractivity contribution in [3.63, 3.8) is 0 Å². The maximum Gasteiger partial charge on any atom is 0.0697 e. The van der Waals surface area contributed by atoms with Crippen molar-refractivity contribution in [2.45, 2.75) is 12.5 Å². The largest absolute Gasteiger partial charge is 0.305 e. The molecule has 0 amide bonds. The van der Waals surface area contributed by atoms with Crippen LogP contribution < -0.4 is 5.32 Å². The Hall–Kier alpha value is -0.350. The lowest BCUT2D eigenvalue weighted by molar-refractivity contribution is 0.582. The highest BCUT2D eigenvalue weighted by Gasteiger charge is 2.24. The third-order valence-corrected chi connectivity index (χ3v) is 5.12. The van der Waals surface area contributed by atoms with Gasteiger partial charge in [-0.2, -0.15) is 0 Å². The normalized spacial score (nSPS) is 20.2. The standard InChI is InChI=1S/C11H10ClNS2/c12-8-3-6-15-11(8)10-7-2-5-14-9(7)1-4-13-10/h2-3,5-6,10,13H,1,4H2. The molecule has 0 fully saturated rings. The predicted octanol–water partition coefficient (Wildman–Crippen LogP) is 3.70. The number of hydrogen-bond acceptors (Lipinski definition) is 3. The smallest absolute Gasteiger partial charge is 0.0697 e. The summed E-state index contributed by atoms with van der Waals surface area (Å²) in [7, 11) is 0. The Balaban J connectivity index is 2.07. The number of nitrogens with one attached hydrogen (secondary N) is 1. The monoisotopic (exact) mass is 255 g/mol. The zero-order valence-electron chi connectivity index (χ0n) is 8.00. The van der Waals surface area contributed by atoms with Crippen LogP contribution in [0.2, 0.25) is 5.02 Å². The summed E-state index contributed by atoms with van der Waals surface area (Å²) in [5.41, 5.74) is 1.41. The summed E-state index contributed by atoms with van der Waals surface area (Å²) in [5.74, 6) is 0. The Morgan fingerprint density at radius 2 is 2.13 bits per heavy atom. The fraction of sp³-hybridized carbons (Fsp3) is 0.273. The minimum absolute atomic E-state index is 0.312. The van der Waals surface area contributed by atoms with Crippen LogP contribution in [-0.2, 0) is 6.42 Å². The molecule has 1 nitrogen and oxygen atoms in total. The molecule has 0 saturated heterocycles. The van der Waals surface area contributed by atoms with Gasteiger partial charge >= 0.3 is 0 Å². The minimum atomic E-state index is 0.312. The second-order valence-electron chi connectivity index (χ2n) is 3.57. The van der Waals surface area contributed by atoms with E-state index in [0.717, 1.165) is 18.0 Å². The molecule has 3 heterocycles. The molecule has 0 aromatic carbocycles. The average molecular weight is 256 g/mol. The van der Waals surface area contributed by atoms with Crippen LogP contribution in [0.15, 0.2) is 22.9 Å². The summed E-state index contributed by atoms with van der Waals surface area (Å²) in [6, 6.07) is 4.50. The van der Waals surface area contributed by atoms with Gasteiger partial charge in [-0.3, -0.25) is 0 Å². The van der Waals surface area contributed by atoms with E-state index in [-0.39, 0.29) is 0 Å². The molecule has 1 N–H and O–H groups in total. The van der Waals surface area contributed by atoms with Crippen molar-refractivity contribution in [2.24, 2.45) is 0 Å². The molecule has 1 aliphatic rings. The van der Waals surface area contributed by atoms with Gasteiger partial charge in [-0.15, -0.1) is 22.7 Å². The maximum absolute atomic E-state index is 6.18.